The van der Waals surface area contributed by atoms with Gasteiger partial charge in [0, 0.05) is 31.2 Å². The second-order valence-electron chi connectivity index (χ2n) is 6.99. The molecular weight excluding hydrogens is 352 g/mol. The Bertz CT molecular complexity index is 645. The fourth-order valence-corrected chi connectivity index (χ4v) is 3.12. The number of aromatic nitrogens is 1. The van der Waals surface area contributed by atoms with E-state index >= 15 is 0 Å². The number of carbonyl (C=O) groups excluding carboxylic acids is 1. The lowest BCUT2D eigenvalue weighted by Gasteiger charge is -2.29. The van der Waals surface area contributed by atoms with Gasteiger partial charge in [0.2, 0.25) is 11.8 Å². The number of methoxy groups -OCH3 is 1. The molecule has 0 aliphatic heterocycles. The van der Waals surface area contributed by atoms with Gasteiger partial charge in [-0.15, -0.1) is 0 Å². The third kappa shape index (κ3) is 6.35. The van der Waals surface area contributed by atoms with Gasteiger partial charge in [-0.25, -0.2) is 4.98 Å². The zero-order valence-corrected chi connectivity index (χ0v) is 16.1. The van der Waals surface area contributed by atoms with E-state index in [1.807, 2.05) is 13.8 Å². The van der Waals surface area contributed by atoms with Crippen LogP contribution in [-0.2, 0) is 9.53 Å². The Morgan fingerprint density at radius 3 is 2.63 bits per heavy atom. The minimum Gasteiger partial charge on any atom is -0.475 e. The van der Waals surface area contributed by atoms with Gasteiger partial charge in [0.25, 0.3) is 0 Å². The number of rotatable bonds is 9. The lowest BCUT2D eigenvalue weighted by molar-refractivity contribution is -0.384. The third-order valence-corrected chi connectivity index (χ3v) is 4.48. The van der Waals surface area contributed by atoms with E-state index in [1.165, 1.54) is 6.20 Å². The maximum atomic E-state index is 12.1. The molecule has 1 amide bonds. The maximum Gasteiger partial charge on any atom is 0.310 e. The molecule has 0 atom stereocenters. The number of nitrogens with one attached hydrogen (secondary N) is 2. The monoisotopic (exact) mass is 380 g/mol. The molecule has 1 saturated carbocycles. The predicted octanol–water partition coefficient (Wildman–Crippen LogP) is 2.51. The molecule has 2 rings (SSSR count). The van der Waals surface area contributed by atoms with Crippen LogP contribution in [0.2, 0.25) is 0 Å². The molecule has 0 bridgehead atoms. The molecule has 0 unspecified atom stereocenters. The first kappa shape index (κ1) is 20.9. The topological polar surface area (TPSA) is 116 Å². The van der Waals surface area contributed by atoms with Crippen molar-refractivity contribution in [3.63, 3.8) is 0 Å². The van der Waals surface area contributed by atoms with Crippen molar-refractivity contribution < 1.29 is 19.2 Å². The van der Waals surface area contributed by atoms with Crippen molar-refractivity contribution in [2.75, 3.05) is 25.6 Å². The number of hydrogen-bond acceptors (Lipinski definition) is 7. The van der Waals surface area contributed by atoms with Gasteiger partial charge in [-0.3, -0.25) is 14.9 Å². The highest BCUT2D eigenvalue weighted by Crippen LogP contribution is 2.32. The van der Waals surface area contributed by atoms with Crippen molar-refractivity contribution in [2.45, 2.75) is 51.6 Å². The summed E-state index contributed by atoms with van der Waals surface area (Å²) in [5.74, 6) is 0.406. The Labute approximate surface area is 159 Å². The normalized spacial score (nSPS) is 19.6. The minimum absolute atomic E-state index is 0.00538. The van der Waals surface area contributed by atoms with Crippen molar-refractivity contribution in [3.8, 4) is 5.88 Å². The maximum absolute atomic E-state index is 12.1. The van der Waals surface area contributed by atoms with Crippen LogP contribution in [0, 0.1) is 16.0 Å². The van der Waals surface area contributed by atoms with Gasteiger partial charge in [0.1, 0.15) is 18.5 Å². The Kier molecular flexibility index (Phi) is 7.78. The number of hydrogen-bond donors (Lipinski definition) is 2. The van der Waals surface area contributed by atoms with E-state index in [9.17, 15) is 14.9 Å². The van der Waals surface area contributed by atoms with E-state index in [-0.39, 0.29) is 29.6 Å². The van der Waals surface area contributed by atoms with Crippen LogP contribution in [0.1, 0.15) is 39.5 Å². The first-order valence-electron chi connectivity index (χ1n) is 9.23. The van der Waals surface area contributed by atoms with Crippen molar-refractivity contribution in [1.29, 1.82) is 0 Å². The smallest absolute Gasteiger partial charge is 0.310 e. The standard InChI is InChI=1S/C18H28N4O5/c1-12(2)20-18(23)13-4-6-14(7-5-13)21-15-10-17(27-9-8-26-3)19-11-16(15)22(24)25/h10-14H,4-9H2,1-3H3,(H,19,21)(H,20,23)/t13-,14+. The van der Waals surface area contributed by atoms with Crippen LogP contribution in [0.5, 0.6) is 5.88 Å². The van der Waals surface area contributed by atoms with Crippen LogP contribution < -0.4 is 15.4 Å². The Morgan fingerprint density at radius 2 is 2.04 bits per heavy atom. The van der Waals surface area contributed by atoms with E-state index in [2.05, 4.69) is 15.6 Å². The molecule has 1 heterocycles. The van der Waals surface area contributed by atoms with Crippen LogP contribution in [0.15, 0.2) is 12.3 Å². The highest BCUT2D eigenvalue weighted by Gasteiger charge is 2.28. The Morgan fingerprint density at radius 1 is 1.33 bits per heavy atom. The Balaban J connectivity index is 1.98. The van der Waals surface area contributed by atoms with E-state index in [4.69, 9.17) is 9.47 Å². The summed E-state index contributed by atoms with van der Waals surface area (Å²) in [5, 5.41) is 17.5. The summed E-state index contributed by atoms with van der Waals surface area (Å²) < 4.78 is 10.4. The largest absolute Gasteiger partial charge is 0.475 e. The molecule has 2 N–H and O–H groups in total. The molecule has 0 aromatic carbocycles. The van der Waals surface area contributed by atoms with Crippen LogP contribution >= 0.6 is 0 Å². The second-order valence-corrected chi connectivity index (χ2v) is 6.99. The van der Waals surface area contributed by atoms with Crippen LogP contribution in [-0.4, -0.2) is 48.2 Å². The molecule has 9 nitrogen and oxygen atoms in total. The van der Waals surface area contributed by atoms with Gasteiger partial charge in [-0.1, -0.05) is 0 Å². The summed E-state index contributed by atoms with van der Waals surface area (Å²) in [6, 6.07) is 1.75. The fourth-order valence-electron chi connectivity index (χ4n) is 3.12. The summed E-state index contributed by atoms with van der Waals surface area (Å²) in [6.07, 6.45) is 4.26. The van der Waals surface area contributed by atoms with E-state index in [0.717, 1.165) is 25.7 Å². The molecule has 0 spiro atoms. The molecule has 1 aliphatic rings. The van der Waals surface area contributed by atoms with Crippen molar-refractivity contribution in [2.24, 2.45) is 5.92 Å². The third-order valence-electron chi connectivity index (χ3n) is 4.48. The van der Waals surface area contributed by atoms with Crippen LogP contribution in [0.3, 0.4) is 0 Å². The molecule has 27 heavy (non-hydrogen) atoms. The molecular formula is C18H28N4O5. The van der Waals surface area contributed by atoms with Crippen molar-refractivity contribution in [3.05, 3.63) is 22.4 Å². The minimum atomic E-state index is -0.462. The average Bonchev–Trinajstić information content (AvgIpc) is 2.62. The number of amides is 1. The van der Waals surface area contributed by atoms with E-state index in [0.29, 0.717) is 24.8 Å². The summed E-state index contributed by atoms with van der Waals surface area (Å²) >= 11 is 0. The van der Waals surface area contributed by atoms with E-state index < -0.39 is 4.92 Å². The first-order valence-corrected chi connectivity index (χ1v) is 9.23. The van der Waals surface area contributed by atoms with Crippen molar-refractivity contribution in [1.82, 2.24) is 10.3 Å². The zero-order chi connectivity index (χ0) is 19.8. The van der Waals surface area contributed by atoms with Gasteiger partial charge in [-0.2, -0.15) is 0 Å². The summed E-state index contributed by atoms with van der Waals surface area (Å²) in [6.45, 7) is 4.61. The molecule has 9 heteroatoms. The SMILES string of the molecule is COCCOc1cc(N[C@H]2CC[C@@H](C(=O)NC(C)C)CC2)c([N+](=O)[O-])cn1. The number of pyridine rings is 1. The lowest BCUT2D eigenvalue weighted by atomic mass is 9.85. The molecule has 0 radical (unpaired) electrons. The molecule has 1 aromatic heterocycles. The average molecular weight is 380 g/mol. The first-order chi connectivity index (χ1) is 12.9. The highest BCUT2D eigenvalue weighted by atomic mass is 16.6. The summed E-state index contributed by atoms with van der Waals surface area (Å²) in [7, 11) is 1.57. The highest BCUT2D eigenvalue weighted by molar-refractivity contribution is 5.79. The van der Waals surface area contributed by atoms with Gasteiger partial charge < -0.3 is 20.1 Å². The molecule has 150 valence electrons. The Hall–Kier alpha value is -2.42. The second kappa shape index (κ2) is 10.1. The van der Waals surface area contributed by atoms with Crippen LogP contribution in [0.25, 0.3) is 0 Å². The van der Waals surface area contributed by atoms with Gasteiger partial charge in [0.05, 0.1) is 11.5 Å². The molecule has 1 fully saturated rings. The fraction of sp³-hybridized carbons (Fsp3) is 0.667. The van der Waals surface area contributed by atoms with Crippen LogP contribution in [0.4, 0.5) is 11.4 Å². The summed E-state index contributed by atoms with van der Waals surface area (Å²) in [4.78, 5) is 26.9. The lowest BCUT2D eigenvalue weighted by Crippen LogP contribution is -2.38. The molecule has 0 saturated heterocycles. The number of nitrogens with zero attached hydrogens (tertiary/aromatic N) is 2. The van der Waals surface area contributed by atoms with Gasteiger partial charge in [-0.05, 0) is 39.5 Å². The van der Waals surface area contributed by atoms with Crippen molar-refractivity contribution >= 4 is 17.3 Å². The number of nitro groups is 1. The van der Waals surface area contributed by atoms with Gasteiger partial charge in [0.15, 0.2) is 0 Å². The van der Waals surface area contributed by atoms with E-state index in [1.54, 1.807) is 13.2 Å². The zero-order valence-electron chi connectivity index (χ0n) is 16.1. The molecule has 1 aromatic rings. The predicted molar refractivity (Wildman–Crippen MR) is 101 cm³/mol. The van der Waals surface area contributed by atoms with Gasteiger partial charge >= 0.3 is 5.69 Å². The number of anilines is 1. The quantitative estimate of drug-likeness (QED) is 0.384. The molecule has 1 aliphatic carbocycles. The summed E-state index contributed by atoms with van der Waals surface area (Å²) in [5.41, 5.74) is 0.297. The number of carbonyl (C=O) groups is 1. The number of ether oxygens (including phenoxy) is 2.